The van der Waals surface area contributed by atoms with Gasteiger partial charge < -0.3 is 24.8 Å². The Hall–Kier alpha value is -3.99. The van der Waals surface area contributed by atoms with Crippen LogP contribution in [0.3, 0.4) is 0 Å². The Bertz CT molecular complexity index is 1630. The third kappa shape index (κ3) is 5.41. The monoisotopic (exact) mass is 527 g/mol. The molecule has 3 N–H and O–H groups in total. The zero-order chi connectivity index (χ0) is 26.9. The number of pyridine rings is 2. The van der Waals surface area contributed by atoms with Crippen molar-refractivity contribution < 1.29 is 13.2 Å². The van der Waals surface area contributed by atoms with Gasteiger partial charge in [-0.15, -0.1) is 0 Å². The van der Waals surface area contributed by atoms with Crippen molar-refractivity contribution >= 4 is 34.5 Å². The Morgan fingerprint density at radius 2 is 1.73 bits per heavy atom. The third-order valence-corrected chi connectivity index (χ3v) is 6.54. The molecule has 3 heterocycles. The van der Waals surface area contributed by atoms with Gasteiger partial charge in [0.2, 0.25) is 0 Å². The molecule has 4 rings (SSSR count). The summed E-state index contributed by atoms with van der Waals surface area (Å²) >= 11 is 1.71. The lowest BCUT2D eigenvalue weighted by atomic mass is 9.94. The van der Waals surface area contributed by atoms with E-state index in [1.165, 1.54) is 26.6 Å². The largest absolute Gasteiger partial charge is 0.481 e. The van der Waals surface area contributed by atoms with Crippen LogP contribution in [0, 0.1) is 5.41 Å². The number of fused-ring (bicyclic) bond motifs is 1. The average molecular weight is 528 g/mol. The quantitative estimate of drug-likeness (QED) is 0.236. The fraction of sp³-hybridized carbons (Fsp3) is 0.192. The van der Waals surface area contributed by atoms with Crippen molar-refractivity contribution in [3.05, 3.63) is 87.0 Å². The van der Waals surface area contributed by atoms with Crippen molar-refractivity contribution in [3.8, 4) is 22.3 Å². The van der Waals surface area contributed by atoms with E-state index in [1.807, 2.05) is 30.5 Å². The minimum Gasteiger partial charge on any atom is -0.350 e. The molecule has 3 aromatic heterocycles. The SMILES string of the molecule is CSCc1ccc(-c2cn(C)c(=O)cc2-c2cn(C)c(=O)c3[nH]c(/C(C=N)=C/NC(F)(F)F)cc23)cc1. The Morgan fingerprint density at radius 3 is 2.35 bits per heavy atom. The first-order chi connectivity index (χ1) is 17.5. The molecule has 0 radical (unpaired) electrons. The molecule has 0 saturated heterocycles. The van der Waals surface area contributed by atoms with Crippen LogP contribution >= 0.6 is 11.8 Å². The fourth-order valence-corrected chi connectivity index (χ4v) is 4.62. The van der Waals surface area contributed by atoms with Crippen LogP contribution in [0.5, 0.6) is 0 Å². The van der Waals surface area contributed by atoms with E-state index in [4.69, 9.17) is 5.41 Å². The maximum Gasteiger partial charge on any atom is 0.481 e. The molecule has 0 aliphatic carbocycles. The first-order valence-electron chi connectivity index (χ1n) is 11.1. The van der Waals surface area contributed by atoms with Crippen LogP contribution in [0.2, 0.25) is 0 Å². The van der Waals surface area contributed by atoms with Gasteiger partial charge in [-0.05, 0) is 29.0 Å². The molecule has 0 atom stereocenters. The Balaban J connectivity index is 1.97. The topological polar surface area (TPSA) is 95.7 Å². The highest BCUT2D eigenvalue weighted by atomic mass is 32.2. The molecule has 11 heteroatoms. The van der Waals surface area contributed by atoms with Gasteiger partial charge in [0.05, 0.1) is 0 Å². The van der Waals surface area contributed by atoms with Crippen LogP contribution in [0.15, 0.2) is 64.6 Å². The second-order valence-corrected chi connectivity index (χ2v) is 9.36. The molecule has 0 fully saturated rings. The van der Waals surface area contributed by atoms with Crippen LogP contribution in [-0.4, -0.2) is 32.9 Å². The van der Waals surface area contributed by atoms with Gasteiger partial charge in [0.1, 0.15) is 5.52 Å². The van der Waals surface area contributed by atoms with E-state index in [-0.39, 0.29) is 22.3 Å². The Labute approximate surface area is 214 Å². The number of aromatic nitrogens is 3. The minimum absolute atomic E-state index is 0.102. The van der Waals surface area contributed by atoms with Crippen molar-refractivity contribution in [3.63, 3.8) is 0 Å². The molecule has 37 heavy (non-hydrogen) atoms. The predicted molar refractivity (Wildman–Crippen MR) is 143 cm³/mol. The lowest BCUT2D eigenvalue weighted by Crippen LogP contribution is -2.26. The van der Waals surface area contributed by atoms with E-state index in [9.17, 15) is 22.8 Å². The second kappa shape index (κ2) is 10.2. The summed E-state index contributed by atoms with van der Waals surface area (Å²) in [6.07, 6.45) is 2.08. The number of hydrogen-bond acceptors (Lipinski definition) is 5. The molecule has 0 aliphatic heterocycles. The molecule has 0 bridgehead atoms. The molecule has 0 unspecified atom stereocenters. The van der Waals surface area contributed by atoms with E-state index in [0.717, 1.165) is 28.7 Å². The summed E-state index contributed by atoms with van der Waals surface area (Å²) in [6.45, 7) is 0. The van der Waals surface area contributed by atoms with Crippen LogP contribution in [0.4, 0.5) is 13.2 Å². The number of thioether (sulfide) groups is 1. The molecule has 0 amide bonds. The van der Waals surface area contributed by atoms with Gasteiger partial charge in [0.15, 0.2) is 0 Å². The van der Waals surface area contributed by atoms with Crippen LogP contribution in [0.1, 0.15) is 11.3 Å². The smallest absolute Gasteiger partial charge is 0.350 e. The highest BCUT2D eigenvalue weighted by molar-refractivity contribution is 7.97. The molecule has 1 aromatic carbocycles. The summed E-state index contributed by atoms with van der Waals surface area (Å²) in [4.78, 5) is 28.5. The number of benzene rings is 1. The van der Waals surface area contributed by atoms with Gasteiger partial charge in [-0.2, -0.15) is 24.9 Å². The van der Waals surface area contributed by atoms with Crippen molar-refractivity contribution in [1.82, 2.24) is 19.4 Å². The van der Waals surface area contributed by atoms with E-state index in [2.05, 4.69) is 4.98 Å². The Morgan fingerprint density at radius 1 is 1.05 bits per heavy atom. The molecule has 0 spiro atoms. The summed E-state index contributed by atoms with van der Waals surface area (Å²) in [5, 5.41) is 9.29. The summed E-state index contributed by atoms with van der Waals surface area (Å²) in [5.41, 5.74) is 3.43. The number of H-pyrrole nitrogens is 1. The van der Waals surface area contributed by atoms with E-state index < -0.39 is 11.9 Å². The first-order valence-corrected chi connectivity index (χ1v) is 12.5. The molecular weight excluding hydrogens is 503 g/mol. The predicted octanol–water partition coefficient (Wildman–Crippen LogP) is 4.86. The van der Waals surface area contributed by atoms with Crippen LogP contribution < -0.4 is 16.4 Å². The first kappa shape index (κ1) is 26.1. The normalized spacial score (nSPS) is 12.2. The molecule has 0 aliphatic rings. The van der Waals surface area contributed by atoms with Crippen LogP contribution in [-0.2, 0) is 19.8 Å². The van der Waals surface area contributed by atoms with Crippen LogP contribution in [0.25, 0.3) is 38.7 Å². The molecule has 4 aromatic rings. The van der Waals surface area contributed by atoms with E-state index in [1.54, 1.807) is 38.3 Å². The summed E-state index contributed by atoms with van der Waals surface area (Å²) in [6, 6.07) is 11.0. The number of alkyl halides is 3. The summed E-state index contributed by atoms with van der Waals surface area (Å²) in [7, 11) is 3.21. The lowest BCUT2D eigenvalue weighted by molar-refractivity contribution is -0.146. The number of nitrogens with one attached hydrogen (secondary N) is 3. The van der Waals surface area contributed by atoms with Gasteiger partial charge in [0.25, 0.3) is 11.1 Å². The van der Waals surface area contributed by atoms with Crippen molar-refractivity contribution in [2.75, 3.05) is 6.26 Å². The van der Waals surface area contributed by atoms with Gasteiger partial charge in [-0.25, -0.2) is 0 Å². The standard InChI is InChI=1S/C26H24F3N5O2S/c1-33-12-20(16-6-4-15(5-7-16)14-37-3)18(9-23(33)35)21-13-34(2)25(36)24-19(21)8-22(32-24)17(10-30)11-31-26(27,28)29/h4-13,30-32H,14H2,1-3H3/b17-11+,30-10?. The van der Waals surface area contributed by atoms with Crippen molar-refractivity contribution in [1.29, 1.82) is 5.41 Å². The number of aromatic amines is 1. The zero-order valence-corrected chi connectivity index (χ0v) is 21.1. The number of nitrogens with zero attached hydrogens (tertiary/aromatic N) is 2. The van der Waals surface area contributed by atoms with Crippen molar-refractivity contribution in [2.45, 2.75) is 12.1 Å². The number of hydrogen-bond donors (Lipinski definition) is 3. The lowest BCUT2D eigenvalue weighted by Gasteiger charge is -2.14. The second-order valence-electron chi connectivity index (χ2n) is 8.50. The van der Waals surface area contributed by atoms with E-state index in [0.29, 0.717) is 22.7 Å². The molecule has 7 nitrogen and oxygen atoms in total. The summed E-state index contributed by atoms with van der Waals surface area (Å²) < 4.78 is 40.9. The van der Waals surface area contributed by atoms with Gasteiger partial charge in [-0.1, -0.05) is 24.3 Å². The van der Waals surface area contributed by atoms with Gasteiger partial charge >= 0.3 is 6.30 Å². The maximum atomic E-state index is 12.9. The molecule has 192 valence electrons. The number of rotatable bonds is 7. The Kier molecular flexibility index (Phi) is 7.17. The van der Waals surface area contributed by atoms with Gasteiger partial charge in [0, 0.05) is 78.5 Å². The molecular formula is C26H24F3N5O2S. The number of halogens is 3. The number of aryl methyl sites for hydroxylation is 2. The average Bonchev–Trinajstić information content (AvgIpc) is 3.29. The van der Waals surface area contributed by atoms with Gasteiger partial charge in [-0.3, -0.25) is 9.59 Å². The fourth-order valence-electron chi connectivity index (χ4n) is 4.09. The zero-order valence-electron chi connectivity index (χ0n) is 20.2. The summed E-state index contributed by atoms with van der Waals surface area (Å²) in [5.74, 6) is 0.861. The van der Waals surface area contributed by atoms with E-state index >= 15 is 0 Å². The van der Waals surface area contributed by atoms with Crippen molar-refractivity contribution in [2.24, 2.45) is 14.1 Å². The maximum absolute atomic E-state index is 12.9. The molecule has 0 saturated carbocycles. The third-order valence-electron chi connectivity index (χ3n) is 5.92. The number of allylic oxidation sites excluding steroid dienone is 1. The highest BCUT2D eigenvalue weighted by Crippen LogP contribution is 2.35. The minimum atomic E-state index is -4.67. The highest BCUT2D eigenvalue weighted by Gasteiger charge is 2.25.